The van der Waals surface area contributed by atoms with Crippen LogP contribution in [0.5, 0.6) is 0 Å². The number of nitrogens with one attached hydrogen (secondary N) is 1. The van der Waals surface area contributed by atoms with Gasteiger partial charge in [-0.05, 0) is 50.9 Å². The van der Waals surface area contributed by atoms with Crippen LogP contribution in [0.15, 0.2) is 18.2 Å². The first-order chi connectivity index (χ1) is 8.03. The second kappa shape index (κ2) is 4.75. The van der Waals surface area contributed by atoms with Crippen molar-refractivity contribution in [1.82, 2.24) is 5.32 Å². The van der Waals surface area contributed by atoms with Crippen LogP contribution >= 0.6 is 11.6 Å². The number of ketones is 1. The van der Waals surface area contributed by atoms with Crippen molar-refractivity contribution < 1.29 is 9.18 Å². The minimum atomic E-state index is -0.646. The molecule has 0 spiro atoms. The first-order valence-electron chi connectivity index (χ1n) is 5.78. The Morgan fingerprint density at radius 3 is 2.82 bits per heavy atom. The predicted octanol–water partition coefficient (Wildman–Crippen LogP) is 3.19. The molecule has 1 aliphatic heterocycles. The topological polar surface area (TPSA) is 29.1 Å². The molecular formula is C13H15ClFNO. The van der Waals surface area contributed by atoms with Gasteiger partial charge in [-0.3, -0.25) is 4.79 Å². The Kier molecular flexibility index (Phi) is 3.50. The molecule has 1 aromatic rings. The Morgan fingerprint density at radius 1 is 1.47 bits per heavy atom. The lowest BCUT2D eigenvalue weighted by molar-refractivity contribution is 0.0830. The summed E-state index contributed by atoms with van der Waals surface area (Å²) in [6.45, 7) is 2.64. The molecule has 1 aromatic carbocycles. The summed E-state index contributed by atoms with van der Waals surface area (Å²) in [5, 5.41) is 3.49. The number of Topliss-reactive ketones (excluding diaryl/α,β-unsaturated/α-hetero) is 1. The summed E-state index contributed by atoms with van der Waals surface area (Å²) in [4.78, 5) is 12.3. The van der Waals surface area contributed by atoms with Gasteiger partial charge < -0.3 is 5.32 Å². The fourth-order valence-corrected chi connectivity index (χ4v) is 2.38. The maximum atomic E-state index is 13.7. The summed E-state index contributed by atoms with van der Waals surface area (Å²) >= 11 is 5.68. The summed E-state index contributed by atoms with van der Waals surface area (Å²) in [7, 11) is 0. The van der Waals surface area contributed by atoms with Gasteiger partial charge in [0.05, 0.1) is 11.1 Å². The third kappa shape index (κ3) is 2.50. The van der Waals surface area contributed by atoms with Crippen LogP contribution in [0, 0.1) is 5.82 Å². The molecule has 1 unspecified atom stereocenters. The highest BCUT2D eigenvalue weighted by Crippen LogP contribution is 2.25. The van der Waals surface area contributed by atoms with Gasteiger partial charge in [-0.25, -0.2) is 4.39 Å². The van der Waals surface area contributed by atoms with Gasteiger partial charge >= 0.3 is 0 Å². The standard InChI is InChI=1S/C13H15ClFNO/c1-13(6-2-3-7-16-13)12(17)10-5-4-9(14)8-11(10)15/h4-5,8,16H,2-3,6-7H2,1H3. The molecule has 92 valence electrons. The van der Waals surface area contributed by atoms with E-state index in [9.17, 15) is 9.18 Å². The van der Waals surface area contributed by atoms with E-state index in [1.165, 1.54) is 12.1 Å². The average Bonchev–Trinajstić information content (AvgIpc) is 2.29. The summed E-state index contributed by atoms with van der Waals surface area (Å²) in [6.07, 6.45) is 2.80. The summed E-state index contributed by atoms with van der Waals surface area (Å²) in [6, 6.07) is 4.19. The number of rotatable bonds is 2. The van der Waals surface area contributed by atoms with E-state index in [1.54, 1.807) is 6.07 Å². The molecule has 1 N–H and O–H groups in total. The Balaban J connectivity index is 2.30. The van der Waals surface area contributed by atoms with Crippen LogP contribution < -0.4 is 5.32 Å². The zero-order chi connectivity index (χ0) is 12.5. The summed E-state index contributed by atoms with van der Waals surface area (Å²) in [5.41, 5.74) is -0.529. The van der Waals surface area contributed by atoms with Gasteiger partial charge in [0.15, 0.2) is 5.78 Å². The number of halogens is 2. The van der Waals surface area contributed by atoms with Crippen molar-refractivity contribution in [1.29, 1.82) is 0 Å². The minimum Gasteiger partial charge on any atom is -0.305 e. The molecule has 0 aliphatic carbocycles. The lowest BCUT2D eigenvalue weighted by Gasteiger charge is -2.33. The number of hydrogen-bond acceptors (Lipinski definition) is 2. The fourth-order valence-electron chi connectivity index (χ4n) is 2.22. The number of carbonyl (C=O) groups is 1. The van der Waals surface area contributed by atoms with Gasteiger partial charge in [-0.2, -0.15) is 0 Å². The van der Waals surface area contributed by atoms with E-state index >= 15 is 0 Å². The molecular weight excluding hydrogens is 241 g/mol. The van der Waals surface area contributed by atoms with Crippen molar-refractivity contribution in [2.24, 2.45) is 0 Å². The maximum Gasteiger partial charge on any atom is 0.185 e. The van der Waals surface area contributed by atoms with Crippen LogP contribution in [0.4, 0.5) is 4.39 Å². The molecule has 4 heteroatoms. The smallest absolute Gasteiger partial charge is 0.185 e. The van der Waals surface area contributed by atoms with E-state index in [2.05, 4.69) is 5.32 Å². The van der Waals surface area contributed by atoms with Crippen LogP contribution in [0.1, 0.15) is 36.5 Å². The minimum absolute atomic E-state index is 0.117. The molecule has 0 aromatic heterocycles. The third-order valence-electron chi connectivity index (χ3n) is 3.30. The van der Waals surface area contributed by atoms with Crippen molar-refractivity contribution in [3.05, 3.63) is 34.6 Å². The van der Waals surface area contributed by atoms with Gasteiger partial charge in [0.2, 0.25) is 0 Å². The second-order valence-corrected chi connectivity index (χ2v) is 5.11. The van der Waals surface area contributed by atoms with Crippen molar-refractivity contribution in [2.75, 3.05) is 6.54 Å². The van der Waals surface area contributed by atoms with Gasteiger partial charge in [0, 0.05) is 5.02 Å². The normalized spacial score (nSPS) is 24.6. The van der Waals surface area contributed by atoms with Crippen LogP contribution in [0.3, 0.4) is 0 Å². The van der Waals surface area contributed by atoms with E-state index in [0.717, 1.165) is 25.8 Å². The van der Waals surface area contributed by atoms with Gasteiger partial charge in [0.1, 0.15) is 5.82 Å². The number of hydrogen-bond donors (Lipinski definition) is 1. The van der Waals surface area contributed by atoms with E-state index in [0.29, 0.717) is 5.02 Å². The SMILES string of the molecule is CC1(C(=O)c2ccc(Cl)cc2F)CCCCN1. The zero-order valence-electron chi connectivity index (χ0n) is 9.72. The van der Waals surface area contributed by atoms with Crippen LogP contribution in [-0.4, -0.2) is 17.9 Å². The molecule has 1 aliphatic rings. The molecule has 0 bridgehead atoms. The molecule has 1 heterocycles. The zero-order valence-corrected chi connectivity index (χ0v) is 10.5. The van der Waals surface area contributed by atoms with E-state index in [-0.39, 0.29) is 11.3 Å². The molecule has 1 atom stereocenters. The van der Waals surface area contributed by atoms with Crippen molar-refractivity contribution >= 4 is 17.4 Å². The van der Waals surface area contributed by atoms with Crippen LogP contribution in [0.25, 0.3) is 0 Å². The molecule has 1 fully saturated rings. The highest BCUT2D eigenvalue weighted by Gasteiger charge is 2.35. The largest absolute Gasteiger partial charge is 0.305 e. The Labute approximate surface area is 105 Å². The predicted molar refractivity (Wildman–Crippen MR) is 66.0 cm³/mol. The average molecular weight is 256 g/mol. The summed E-state index contributed by atoms with van der Waals surface area (Å²) < 4.78 is 13.7. The van der Waals surface area contributed by atoms with Gasteiger partial charge in [0.25, 0.3) is 0 Å². The molecule has 0 saturated carbocycles. The summed E-state index contributed by atoms with van der Waals surface area (Å²) in [5.74, 6) is -0.734. The number of benzene rings is 1. The lowest BCUT2D eigenvalue weighted by Crippen LogP contribution is -2.52. The first-order valence-corrected chi connectivity index (χ1v) is 6.16. The number of piperidine rings is 1. The Hall–Kier alpha value is -0.930. The maximum absolute atomic E-state index is 13.7. The highest BCUT2D eigenvalue weighted by molar-refractivity contribution is 6.30. The van der Waals surface area contributed by atoms with Gasteiger partial charge in [-0.15, -0.1) is 0 Å². The second-order valence-electron chi connectivity index (χ2n) is 4.67. The monoisotopic (exact) mass is 255 g/mol. The van der Waals surface area contributed by atoms with E-state index < -0.39 is 11.4 Å². The highest BCUT2D eigenvalue weighted by atomic mass is 35.5. The molecule has 17 heavy (non-hydrogen) atoms. The fraction of sp³-hybridized carbons (Fsp3) is 0.462. The molecule has 2 nitrogen and oxygen atoms in total. The molecule has 1 saturated heterocycles. The van der Waals surface area contributed by atoms with Crippen molar-refractivity contribution in [3.8, 4) is 0 Å². The third-order valence-corrected chi connectivity index (χ3v) is 3.53. The van der Waals surface area contributed by atoms with Crippen LogP contribution in [-0.2, 0) is 0 Å². The van der Waals surface area contributed by atoms with E-state index in [1.807, 2.05) is 6.92 Å². The van der Waals surface area contributed by atoms with Gasteiger partial charge in [-0.1, -0.05) is 11.6 Å². The van der Waals surface area contributed by atoms with E-state index in [4.69, 9.17) is 11.6 Å². The number of carbonyl (C=O) groups excluding carboxylic acids is 1. The van der Waals surface area contributed by atoms with Crippen LogP contribution in [0.2, 0.25) is 5.02 Å². The van der Waals surface area contributed by atoms with Crippen molar-refractivity contribution in [3.63, 3.8) is 0 Å². The first kappa shape index (κ1) is 12.5. The Morgan fingerprint density at radius 2 is 2.24 bits per heavy atom. The molecule has 0 amide bonds. The molecule has 0 radical (unpaired) electrons. The molecule has 2 rings (SSSR count). The quantitative estimate of drug-likeness (QED) is 0.823. The Bertz CT molecular complexity index is 441. The van der Waals surface area contributed by atoms with Crippen molar-refractivity contribution in [2.45, 2.75) is 31.7 Å². The lowest BCUT2D eigenvalue weighted by atomic mass is 9.83.